The molecule has 1 unspecified atom stereocenters. The van der Waals surface area contributed by atoms with Crippen molar-refractivity contribution in [3.05, 3.63) is 70.4 Å². The minimum atomic E-state index is -0.882. The number of halogens is 3. The fraction of sp³-hybridized carbons (Fsp3) is 0.125. The molecule has 0 bridgehead atoms. The van der Waals surface area contributed by atoms with Gasteiger partial charge in [-0.2, -0.15) is 0 Å². The Hall–Kier alpha value is -1.91. The van der Waals surface area contributed by atoms with Crippen LogP contribution in [0.4, 0.5) is 8.78 Å². The van der Waals surface area contributed by atoms with Gasteiger partial charge in [-0.15, -0.1) is 0 Å². The summed E-state index contributed by atoms with van der Waals surface area (Å²) in [7, 11) is 1.66. The summed E-state index contributed by atoms with van der Waals surface area (Å²) < 4.78 is 33.1. The highest BCUT2D eigenvalue weighted by molar-refractivity contribution is 6.31. The summed E-state index contributed by atoms with van der Waals surface area (Å²) in [5.74, 6) is -1.26. The topological polar surface area (TPSA) is 25.2 Å². The Morgan fingerprint density at radius 3 is 2.71 bits per heavy atom. The highest BCUT2D eigenvalue weighted by atomic mass is 35.5. The fourth-order valence-electron chi connectivity index (χ4n) is 2.37. The molecule has 2 aromatic carbocycles. The van der Waals surface area contributed by atoms with Gasteiger partial charge in [-0.05, 0) is 37.4 Å². The van der Waals surface area contributed by atoms with Gasteiger partial charge in [0.1, 0.15) is 11.3 Å². The van der Waals surface area contributed by atoms with Crippen LogP contribution >= 0.6 is 11.6 Å². The molecule has 1 aromatic heterocycles. The van der Waals surface area contributed by atoms with Gasteiger partial charge in [-0.1, -0.05) is 23.7 Å². The Kier molecular flexibility index (Phi) is 3.66. The average molecular weight is 308 g/mol. The van der Waals surface area contributed by atoms with E-state index in [2.05, 4.69) is 5.32 Å². The molecule has 1 N–H and O–H groups in total. The Balaban J connectivity index is 2.11. The molecule has 3 aromatic rings. The van der Waals surface area contributed by atoms with E-state index in [1.165, 1.54) is 12.1 Å². The van der Waals surface area contributed by atoms with Crippen molar-refractivity contribution in [1.82, 2.24) is 5.32 Å². The molecule has 0 aliphatic heterocycles. The summed E-state index contributed by atoms with van der Waals surface area (Å²) in [5.41, 5.74) is 0.842. The average Bonchev–Trinajstić information content (AvgIpc) is 2.87. The third-order valence-electron chi connectivity index (χ3n) is 3.36. The molecule has 0 amide bonds. The summed E-state index contributed by atoms with van der Waals surface area (Å²) in [6.45, 7) is 0. The van der Waals surface area contributed by atoms with E-state index in [1.807, 2.05) is 0 Å². The fourth-order valence-corrected chi connectivity index (χ4v) is 2.55. The lowest BCUT2D eigenvalue weighted by Gasteiger charge is -2.15. The quantitative estimate of drug-likeness (QED) is 0.760. The standard InChI is InChI=1S/C16H12ClF2NO/c1-20-16(11-3-2-4-12(18)15(11)19)14-8-9-7-10(17)5-6-13(9)21-14/h2-8,16,20H,1H3. The van der Waals surface area contributed by atoms with E-state index in [-0.39, 0.29) is 5.56 Å². The van der Waals surface area contributed by atoms with Crippen molar-refractivity contribution >= 4 is 22.6 Å². The third kappa shape index (κ3) is 2.52. The molecule has 108 valence electrons. The number of nitrogens with one attached hydrogen (secondary N) is 1. The van der Waals surface area contributed by atoms with Crippen molar-refractivity contribution in [2.75, 3.05) is 7.05 Å². The van der Waals surface area contributed by atoms with E-state index in [0.717, 1.165) is 11.5 Å². The molecular weight excluding hydrogens is 296 g/mol. The first-order chi connectivity index (χ1) is 10.1. The van der Waals surface area contributed by atoms with E-state index in [9.17, 15) is 8.78 Å². The molecule has 3 rings (SSSR count). The second-order valence-corrected chi connectivity index (χ2v) is 5.13. The number of hydrogen-bond donors (Lipinski definition) is 1. The summed E-state index contributed by atoms with van der Waals surface area (Å²) >= 11 is 5.94. The molecule has 0 fully saturated rings. The Morgan fingerprint density at radius 2 is 1.95 bits per heavy atom. The summed E-state index contributed by atoms with van der Waals surface area (Å²) in [4.78, 5) is 0. The number of benzene rings is 2. The largest absolute Gasteiger partial charge is 0.459 e. The van der Waals surface area contributed by atoms with Gasteiger partial charge in [0, 0.05) is 16.0 Å². The molecule has 0 radical (unpaired) electrons. The van der Waals surface area contributed by atoms with Crippen LogP contribution in [0.5, 0.6) is 0 Å². The second kappa shape index (κ2) is 5.47. The monoisotopic (exact) mass is 307 g/mol. The Morgan fingerprint density at radius 1 is 1.14 bits per heavy atom. The van der Waals surface area contributed by atoms with Crippen LogP contribution in [0.15, 0.2) is 46.9 Å². The molecule has 1 atom stereocenters. The van der Waals surface area contributed by atoms with Crippen LogP contribution in [0, 0.1) is 11.6 Å². The van der Waals surface area contributed by atoms with E-state index in [1.54, 1.807) is 31.3 Å². The van der Waals surface area contributed by atoms with E-state index < -0.39 is 17.7 Å². The van der Waals surface area contributed by atoms with E-state index in [0.29, 0.717) is 16.4 Å². The van der Waals surface area contributed by atoms with Crippen LogP contribution in [0.25, 0.3) is 11.0 Å². The van der Waals surface area contributed by atoms with Crippen molar-refractivity contribution in [3.63, 3.8) is 0 Å². The molecule has 0 aliphatic rings. The van der Waals surface area contributed by atoms with E-state index in [4.69, 9.17) is 16.0 Å². The lowest BCUT2D eigenvalue weighted by Crippen LogP contribution is -2.18. The Labute approximate surface area is 125 Å². The predicted molar refractivity (Wildman–Crippen MR) is 78.5 cm³/mol. The van der Waals surface area contributed by atoms with Gasteiger partial charge >= 0.3 is 0 Å². The first kappa shape index (κ1) is 14.0. The minimum absolute atomic E-state index is 0.197. The first-order valence-electron chi connectivity index (χ1n) is 6.40. The normalized spacial score (nSPS) is 12.8. The maximum Gasteiger partial charge on any atom is 0.164 e. The molecule has 2 nitrogen and oxygen atoms in total. The maximum atomic E-state index is 14.0. The van der Waals surface area contributed by atoms with Crippen molar-refractivity contribution in [1.29, 1.82) is 0 Å². The molecule has 5 heteroatoms. The Bertz CT molecular complexity index is 800. The smallest absolute Gasteiger partial charge is 0.164 e. The van der Waals surface area contributed by atoms with Gasteiger partial charge in [-0.25, -0.2) is 8.78 Å². The highest BCUT2D eigenvalue weighted by Gasteiger charge is 2.22. The molecule has 1 heterocycles. The van der Waals surface area contributed by atoms with Gasteiger partial charge in [-0.3, -0.25) is 0 Å². The zero-order valence-electron chi connectivity index (χ0n) is 11.2. The summed E-state index contributed by atoms with van der Waals surface area (Å²) in [5, 5.41) is 4.35. The second-order valence-electron chi connectivity index (χ2n) is 4.70. The van der Waals surface area contributed by atoms with Crippen LogP contribution in [0.2, 0.25) is 5.02 Å². The van der Waals surface area contributed by atoms with Crippen LogP contribution < -0.4 is 5.32 Å². The number of furan rings is 1. The molecular formula is C16H12ClF2NO. The van der Waals surface area contributed by atoms with Gasteiger partial charge in [0.25, 0.3) is 0 Å². The molecule has 21 heavy (non-hydrogen) atoms. The van der Waals surface area contributed by atoms with Gasteiger partial charge in [0.15, 0.2) is 11.6 Å². The summed E-state index contributed by atoms with van der Waals surface area (Å²) in [6, 6.07) is 10.5. The zero-order valence-corrected chi connectivity index (χ0v) is 11.9. The molecule has 0 saturated heterocycles. The lowest BCUT2D eigenvalue weighted by molar-refractivity contribution is 0.454. The van der Waals surface area contributed by atoms with Crippen molar-refractivity contribution < 1.29 is 13.2 Å². The maximum absolute atomic E-state index is 14.0. The zero-order chi connectivity index (χ0) is 15.0. The van der Waals surface area contributed by atoms with Gasteiger partial charge in [0.05, 0.1) is 6.04 Å². The third-order valence-corrected chi connectivity index (χ3v) is 3.60. The number of rotatable bonds is 3. The van der Waals surface area contributed by atoms with Crippen molar-refractivity contribution in [2.45, 2.75) is 6.04 Å². The van der Waals surface area contributed by atoms with Crippen LogP contribution in [-0.4, -0.2) is 7.05 Å². The minimum Gasteiger partial charge on any atom is -0.459 e. The van der Waals surface area contributed by atoms with Crippen molar-refractivity contribution in [2.24, 2.45) is 0 Å². The lowest BCUT2D eigenvalue weighted by atomic mass is 10.0. The van der Waals surface area contributed by atoms with Crippen molar-refractivity contribution in [3.8, 4) is 0 Å². The number of fused-ring (bicyclic) bond motifs is 1. The number of hydrogen-bond acceptors (Lipinski definition) is 2. The van der Waals surface area contributed by atoms with Gasteiger partial charge < -0.3 is 9.73 Å². The first-order valence-corrected chi connectivity index (χ1v) is 6.78. The molecule has 0 aliphatic carbocycles. The van der Waals surface area contributed by atoms with Crippen LogP contribution in [0.1, 0.15) is 17.4 Å². The van der Waals surface area contributed by atoms with Crippen LogP contribution in [0.3, 0.4) is 0 Å². The van der Waals surface area contributed by atoms with E-state index >= 15 is 0 Å². The summed E-state index contributed by atoms with van der Waals surface area (Å²) in [6.07, 6.45) is 0. The SMILES string of the molecule is CNC(c1cc2cc(Cl)ccc2o1)c1cccc(F)c1F. The van der Waals surface area contributed by atoms with Gasteiger partial charge in [0.2, 0.25) is 0 Å². The molecule has 0 saturated carbocycles. The molecule has 0 spiro atoms. The van der Waals surface area contributed by atoms with Crippen LogP contribution in [-0.2, 0) is 0 Å². The highest BCUT2D eigenvalue weighted by Crippen LogP contribution is 2.31. The predicted octanol–water partition coefficient (Wildman–Crippen LogP) is 4.67.